The Labute approximate surface area is 165 Å². The van der Waals surface area contributed by atoms with Gasteiger partial charge in [-0.1, -0.05) is 24.3 Å². The fourth-order valence-corrected chi connectivity index (χ4v) is 2.13. The number of nitrogens with zero attached hydrogens (tertiary/aromatic N) is 1. The van der Waals surface area contributed by atoms with E-state index in [9.17, 15) is 19.3 Å². The first-order valence-electron chi connectivity index (χ1n) is 8.29. The van der Waals surface area contributed by atoms with Crippen LogP contribution in [0.2, 0.25) is 0 Å². The van der Waals surface area contributed by atoms with Crippen LogP contribution in [0.3, 0.4) is 0 Å². The van der Waals surface area contributed by atoms with Crippen molar-refractivity contribution in [2.24, 2.45) is 5.34 Å². The minimum absolute atomic E-state index is 0.0747. The molecule has 152 valence electrons. The smallest absolute Gasteiger partial charge is 0.429 e. The summed E-state index contributed by atoms with van der Waals surface area (Å²) < 4.78 is 19.8. The molecule has 0 aliphatic rings. The highest BCUT2D eigenvalue weighted by Crippen LogP contribution is 2.22. The Hall–Kier alpha value is -3.95. The molecule has 2 aromatic rings. The van der Waals surface area contributed by atoms with Crippen LogP contribution in [0.1, 0.15) is 29.8 Å². The van der Waals surface area contributed by atoms with Gasteiger partial charge in [-0.2, -0.15) is 0 Å². The third-order valence-electron chi connectivity index (χ3n) is 3.28. The lowest BCUT2D eigenvalue weighted by molar-refractivity contribution is -0.131. The zero-order valence-corrected chi connectivity index (χ0v) is 15.5. The number of rotatable bonds is 8. The van der Waals surface area contributed by atoms with Crippen LogP contribution < -0.4 is 9.47 Å². The van der Waals surface area contributed by atoms with E-state index in [0.29, 0.717) is 5.56 Å². The first-order valence-corrected chi connectivity index (χ1v) is 8.29. The number of hydrogen-bond donors (Lipinski definition) is 0. The maximum absolute atomic E-state index is 12.4. The van der Waals surface area contributed by atoms with Crippen molar-refractivity contribution in [1.29, 1.82) is 0 Å². The summed E-state index contributed by atoms with van der Waals surface area (Å²) in [5.41, 5.74) is 0.577. The molecule has 0 amide bonds. The molecule has 10 nitrogen and oxygen atoms in total. The number of esters is 2. The number of benzene rings is 2. The molecule has 1 atom stereocenters. The molecular weight excluding hydrogens is 386 g/mol. The van der Waals surface area contributed by atoms with Gasteiger partial charge in [0.05, 0.1) is 0 Å². The molecule has 29 heavy (non-hydrogen) atoms. The molecule has 0 bridgehead atoms. The van der Waals surface area contributed by atoms with Gasteiger partial charge in [0.1, 0.15) is 23.7 Å². The summed E-state index contributed by atoms with van der Waals surface area (Å²) in [4.78, 5) is 49.1. The molecule has 0 heterocycles. The molecule has 0 radical (unpaired) electrons. The van der Waals surface area contributed by atoms with Crippen molar-refractivity contribution in [2.75, 3.05) is 0 Å². The van der Waals surface area contributed by atoms with Gasteiger partial charge >= 0.3 is 18.1 Å². The Morgan fingerprint density at radius 3 is 2.52 bits per heavy atom. The third kappa shape index (κ3) is 6.94. The highest BCUT2D eigenvalue weighted by Gasteiger charge is 2.16. The second-order valence-electron chi connectivity index (χ2n) is 5.53. The Bertz CT molecular complexity index is 897. The van der Waals surface area contributed by atoms with Gasteiger partial charge in [-0.25, -0.2) is 9.59 Å². The minimum Gasteiger partial charge on any atom is -0.429 e. The molecule has 0 aromatic heterocycles. The zero-order valence-electron chi connectivity index (χ0n) is 15.5. The average molecular weight is 403 g/mol. The van der Waals surface area contributed by atoms with Gasteiger partial charge in [-0.3, -0.25) is 4.79 Å². The van der Waals surface area contributed by atoms with E-state index in [1.165, 1.54) is 38.1 Å². The lowest BCUT2D eigenvalue weighted by Crippen LogP contribution is -2.17. The number of hydrogen-bond acceptors (Lipinski definition) is 10. The Kier molecular flexibility index (Phi) is 7.66. The second-order valence-corrected chi connectivity index (χ2v) is 5.53. The molecule has 0 N–H and O–H groups in total. The fourth-order valence-electron chi connectivity index (χ4n) is 2.13. The standard InChI is InChI=1S/C19H17NO9/c1-12(21)26-17-9-4-3-8-16(17)18(22)28-15-7-5-6-14(10-15)11-25-19(23)27-13(2)29-20-24/h3-10,13H,11H2,1-2H3. The summed E-state index contributed by atoms with van der Waals surface area (Å²) in [7, 11) is 0. The molecule has 0 spiro atoms. The fraction of sp³-hybridized carbons (Fsp3) is 0.211. The first kappa shape index (κ1) is 21.4. The van der Waals surface area contributed by atoms with Crippen molar-refractivity contribution in [3.8, 4) is 11.5 Å². The summed E-state index contributed by atoms with van der Waals surface area (Å²) in [6, 6.07) is 12.4. The monoisotopic (exact) mass is 403 g/mol. The predicted octanol–water partition coefficient (Wildman–Crippen LogP) is 3.53. The van der Waals surface area contributed by atoms with Gasteiger partial charge in [0.25, 0.3) is 6.29 Å². The molecule has 1 unspecified atom stereocenters. The van der Waals surface area contributed by atoms with Crippen LogP contribution in [0.4, 0.5) is 4.79 Å². The average Bonchev–Trinajstić information content (AvgIpc) is 2.67. The van der Waals surface area contributed by atoms with Crippen molar-refractivity contribution < 1.29 is 38.2 Å². The van der Waals surface area contributed by atoms with E-state index in [1.807, 2.05) is 0 Å². The predicted molar refractivity (Wildman–Crippen MR) is 96.8 cm³/mol. The normalized spacial score (nSPS) is 11.0. The maximum Gasteiger partial charge on any atom is 0.511 e. The maximum atomic E-state index is 12.4. The van der Waals surface area contributed by atoms with E-state index in [4.69, 9.17) is 14.2 Å². The van der Waals surface area contributed by atoms with Gasteiger partial charge in [0, 0.05) is 13.8 Å². The van der Waals surface area contributed by atoms with Crippen LogP contribution >= 0.6 is 0 Å². The highest BCUT2D eigenvalue weighted by molar-refractivity contribution is 5.94. The summed E-state index contributed by atoms with van der Waals surface area (Å²) >= 11 is 0. The zero-order chi connectivity index (χ0) is 21.2. The summed E-state index contributed by atoms with van der Waals surface area (Å²) in [6.45, 7) is 2.32. The van der Waals surface area contributed by atoms with Crippen molar-refractivity contribution >= 4 is 18.1 Å². The largest absolute Gasteiger partial charge is 0.511 e. The van der Waals surface area contributed by atoms with Crippen LogP contribution in [0.25, 0.3) is 0 Å². The number of carbonyl (C=O) groups is 3. The van der Waals surface area contributed by atoms with Crippen LogP contribution in [-0.4, -0.2) is 24.4 Å². The third-order valence-corrected chi connectivity index (χ3v) is 3.28. The number of ether oxygens (including phenoxy) is 4. The van der Waals surface area contributed by atoms with Crippen molar-refractivity contribution in [1.82, 2.24) is 0 Å². The van der Waals surface area contributed by atoms with E-state index >= 15 is 0 Å². The van der Waals surface area contributed by atoms with Gasteiger partial charge < -0.3 is 23.8 Å². The van der Waals surface area contributed by atoms with Crippen LogP contribution in [0, 0.1) is 4.91 Å². The first-order chi connectivity index (χ1) is 13.9. The Balaban J connectivity index is 1.99. The second kappa shape index (κ2) is 10.4. The summed E-state index contributed by atoms with van der Waals surface area (Å²) in [6.07, 6.45) is -2.26. The van der Waals surface area contributed by atoms with Crippen LogP contribution in [0.5, 0.6) is 11.5 Å². The van der Waals surface area contributed by atoms with Crippen molar-refractivity contribution in [2.45, 2.75) is 26.7 Å². The minimum atomic E-state index is -1.19. The summed E-state index contributed by atoms with van der Waals surface area (Å²) in [5, 5.41) is 2.13. The molecule has 2 rings (SSSR count). The molecule has 0 saturated heterocycles. The Morgan fingerprint density at radius 1 is 1.03 bits per heavy atom. The van der Waals surface area contributed by atoms with E-state index in [2.05, 4.69) is 14.9 Å². The number of para-hydroxylation sites is 1. The van der Waals surface area contributed by atoms with E-state index in [-0.39, 0.29) is 23.7 Å². The molecule has 0 saturated carbocycles. The SMILES string of the molecule is CC(=O)Oc1ccccc1C(=O)Oc1cccc(COC(=O)OC(C)ON=O)c1. The lowest BCUT2D eigenvalue weighted by Gasteiger charge is -2.11. The van der Waals surface area contributed by atoms with Gasteiger partial charge in [-0.05, 0) is 29.8 Å². The molecule has 0 fully saturated rings. The van der Waals surface area contributed by atoms with Crippen LogP contribution in [-0.2, 0) is 25.7 Å². The molecule has 10 heteroatoms. The van der Waals surface area contributed by atoms with Gasteiger partial charge in [-0.15, -0.1) is 4.91 Å². The van der Waals surface area contributed by atoms with Crippen LogP contribution in [0.15, 0.2) is 53.9 Å². The van der Waals surface area contributed by atoms with E-state index in [1.54, 1.807) is 24.3 Å². The molecular formula is C19H17NO9. The lowest BCUT2D eigenvalue weighted by atomic mass is 10.2. The van der Waals surface area contributed by atoms with Crippen molar-refractivity contribution in [3.05, 3.63) is 64.6 Å². The van der Waals surface area contributed by atoms with Crippen molar-refractivity contribution in [3.63, 3.8) is 0 Å². The van der Waals surface area contributed by atoms with Gasteiger partial charge in [0.15, 0.2) is 5.34 Å². The number of carbonyl (C=O) groups excluding carboxylic acids is 3. The molecule has 0 aliphatic heterocycles. The van der Waals surface area contributed by atoms with Gasteiger partial charge in [0.2, 0.25) is 0 Å². The summed E-state index contributed by atoms with van der Waals surface area (Å²) in [5.74, 6) is -1.04. The Morgan fingerprint density at radius 2 is 1.79 bits per heavy atom. The van der Waals surface area contributed by atoms with E-state index < -0.39 is 24.4 Å². The molecule has 0 aliphatic carbocycles. The topological polar surface area (TPSA) is 127 Å². The molecule has 2 aromatic carbocycles. The highest BCUT2D eigenvalue weighted by atomic mass is 16.8. The quantitative estimate of drug-likeness (QED) is 0.214. The van der Waals surface area contributed by atoms with E-state index in [0.717, 1.165) is 0 Å².